The van der Waals surface area contributed by atoms with Crippen molar-refractivity contribution in [2.45, 2.75) is 20.4 Å². The average molecular weight is 412 g/mol. The van der Waals surface area contributed by atoms with E-state index in [0.29, 0.717) is 16.9 Å². The van der Waals surface area contributed by atoms with Crippen LogP contribution in [0.2, 0.25) is 0 Å². The molecule has 0 aliphatic carbocycles. The minimum Gasteiger partial charge on any atom is -0.496 e. The third-order valence-corrected chi connectivity index (χ3v) is 5.39. The highest BCUT2D eigenvalue weighted by Gasteiger charge is 2.22. The highest BCUT2D eigenvalue weighted by atomic mass is 16.5. The van der Waals surface area contributed by atoms with Crippen LogP contribution < -0.4 is 15.2 Å². The van der Waals surface area contributed by atoms with E-state index in [9.17, 15) is 9.59 Å². The second kappa shape index (κ2) is 8.48. The minimum absolute atomic E-state index is 0.138. The number of rotatable bonds is 5. The van der Waals surface area contributed by atoms with Crippen LogP contribution in [0.5, 0.6) is 5.75 Å². The molecule has 1 aromatic heterocycles. The van der Waals surface area contributed by atoms with Crippen LogP contribution in [-0.2, 0) is 6.54 Å². The van der Waals surface area contributed by atoms with Gasteiger partial charge < -0.3 is 14.6 Å². The first-order chi connectivity index (χ1) is 15.0. The van der Waals surface area contributed by atoms with Crippen molar-refractivity contribution in [2.24, 2.45) is 0 Å². The van der Waals surface area contributed by atoms with Crippen LogP contribution >= 0.6 is 0 Å². The van der Waals surface area contributed by atoms with Gasteiger partial charge in [-0.25, -0.2) is 0 Å². The number of nitrogens with one attached hydrogen (secondary N) is 1. The molecule has 0 aliphatic heterocycles. The summed E-state index contributed by atoms with van der Waals surface area (Å²) in [5.74, 6) is 0.264. The molecule has 3 aromatic carbocycles. The molecule has 1 amide bonds. The van der Waals surface area contributed by atoms with Gasteiger partial charge in [0.2, 0.25) is 0 Å². The molecule has 1 heterocycles. The van der Waals surface area contributed by atoms with Crippen molar-refractivity contribution < 1.29 is 9.53 Å². The lowest BCUT2D eigenvalue weighted by atomic mass is 10.1. The van der Waals surface area contributed by atoms with Gasteiger partial charge in [0.25, 0.3) is 11.5 Å². The van der Waals surface area contributed by atoms with Crippen LogP contribution in [0.15, 0.2) is 77.6 Å². The summed E-state index contributed by atoms with van der Waals surface area (Å²) in [6, 6.07) is 22.5. The molecule has 0 fully saturated rings. The molecule has 0 bridgehead atoms. The maximum atomic E-state index is 13.6. The van der Waals surface area contributed by atoms with E-state index < -0.39 is 0 Å². The molecule has 0 saturated carbocycles. The zero-order chi connectivity index (χ0) is 22.0. The summed E-state index contributed by atoms with van der Waals surface area (Å²) in [6.07, 6.45) is 0. The molecule has 1 N–H and O–H groups in total. The lowest BCUT2D eigenvalue weighted by molar-refractivity contribution is 0.0982. The van der Waals surface area contributed by atoms with Crippen LogP contribution in [0.25, 0.3) is 10.9 Å². The molecule has 4 aromatic rings. The smallest absolute Gasteiger partial charge is 0.262 e. The lowest BCUT2D eigenvalue weighted by Crippen LogP contribution is -2.33. The Balaban J connectivity index is 1.82. The van der Waals surface area contributed by atoms with Crippen LogP contribution in [0.3, 0.4) is 0 Å². The Bertz CT molecular complexity index is 1320. The Morgan fingerprint density at radius 3 is 2.52 bits per heavy atom. The number of aromatic amines is 1. The summed E-state index contributed by atoms with van der Waals surface area (Å²) in [7, 11) is 1.54. The number of carbonyl (C=O) groups is 1. The Labute approximate surface area is 180 Å². The van der Waals surface area contributed by atoms with Crippen LogP contribution in [0.4, 0.5) is 5.69 Å². The largest absolute Gasteiger partial charge is 0.496 e. The van der Waals surface area contributed by atoms with Gasteiger partial charge in [-0.2, -0.15) is 0 Å². The third kappa shape index (κ3) is 4.08. The molecule has 0 saturated heterocycles. The summed E-state index contributed by atoms with van der Waals surface area (Å²) >= 11 is 0. The second-order valence-corrected chi connectivity index (χ2v) is 7.59. The summed E-state index contributed by atoms with van der Waals surface area (Å²) in [4.78, 5) is 31.1. The molecule has 0 spiro atoms. The van der Waals surface area contributed by atoms with Gasteiger partial charge in [-0.15, -0.1) is 0 Å². The van der Waals surface area contributed by atoms with Crippen molar-refractivity contribution in [3.05, 3.63) is 105 Å². The topological polar surface area (TPSA) is 62.4 Å². The van der Waals surface area contributed by atoms with Gasteiger partial charge in [0.05, 0.1) is 24.7 Å². The number of amides is 1. The van der Waals surface area contributed by atoms with Crippen LogP contribution in [0.1, 0.15) is 27.0 Å². The normalized spacial score (nSPS) is 10.8. The highest BCUT2D eigenvalue weighted by molar-refractivity contribution is 6.07. The van der Waals surface area contributed by atoms with E-state index in [2.05, 4.69) is 4.98 Å². The first-order valence-corrected chi connectivity index (χ1v) is 10.1. The molecule has 0 radical (unpaired) electrons. The fourth-order valence-electron chi connectivity index (χ4n) is 3.76. The summed E-state index contributed by atoms with van der Waals surface area (Å²) < 4.78 is 5.41. The number of para-hydroxylation sites is 2. The van der Waals surface area contributed by atoms with Crippen molar-refractivity contribution in [3.8, 4) is 5.75 Å². The molecule has 0 aliphatic rings. The second-order valence-electron chi connectivity index (χ2n) is 7.59. The SMILES string of the molecule is COc1ccccc1C(=O)N(Cc1cc2cccc(C)c2[nH]c1=O)c1cccc(C)c1. The number of benzene rings is 3. The van der Waals surface area contributed by atoms with Gasteiger partial charge in [0, 0.05) is 11.3 Å². The van der Waals surface area contributed by atoms with Gasteiger partial charge in [-0.3, -0.25) is 9.59 Å². The van der Waals surface area contributed by atoms with Crippen molar-refractivity contribution >= 4 is 22.5 Å². The maximum absolute atomic E-state index is 13.6. The van der Waals surface area contributed by atoms with Gasteiger partial charge in [0.15, 0.2) is 0 Å². The average Bonchev–Trinajstić information content (AvgIpc) is 2.78. The number of ether oxygens (including phenoxy) is 1. The first-order valence-electron chi connectivity index (χ1n) is 10.1. The van der Waals surface area contributed by atoms with Gasteiger partial charge in [-0.1, -0.05) is 42.5 Å². The quantitative estimate of drug-likeness (QED) is 0.502. The number of H-pyrrole nitrogens is 1. The molecular weight excluding hydrogens is 388 g/mol. The molecule has 0 atom stereocenters. The fourth-order valence-corrected chi connectivity index (χ4v) is 3.76. The van der Waals surface area contributed by atoms with Crippen LogP contribution in [0, 0.1) is 13.8 Å². The van der Waals surface area contributed by atoms with E-state index in [0.717, 1.165) is 27.7 Å². The monoisotopic (exact) mass is 412 g/mol. The lowest BCUT2D eigenvalue weighted by Gasteiger charge is -2.24. The van der Waals surface area contributed by atoms with Crippen molar-refractivity contribution in [2.75, 3.05) is 12.0 Å². The summed E-state index contributed by atoms with van der Waals surface area (Å²) in [5.41, 5.74) is 4.32. The van der Waals surface area contributed by atoms with E-state index in [4.69, 9.17) is 4.74 Å². The predicted octanol–water partition coefficient (Wildman–Crippen LogP) is 5.00. The van der Waals surface area contributed by atoms with Crippen LogP contribution in [-0.4, -0.2) is 18.0 Å². The van der Waals surface area contributed by atoms with Gasteiger partial charge in [0.1, 0.15) is 5.75 Å². The Kier molecular flexibility index (Phi) is 5.58. The Hall–Kier alpha value is -3.86. The van der Waals surface area contributed by atoms with E-state index >= 15 is 0 Å². The number of aryl methyl sites for hydroxylation is 2. The highest BCUT2D eigenvalue weighted by Crippen LogP contribution is 2.26. The van der Waals surface area contributed by atoms with E-state index in [1.807, 2.05) is 68.4 Å². The maximum Gasteiger partial charge on any atom is 0.262 e. The summed E-state index contributed by atoms with van der Waals surface area (Å²) in [6.45, 7) is 4.07. The predicted molar refractivity (Wildman–Crippen MR) is 124 cm³/mol. The third-order valence-electron chi connectivity index (χ3n) is 5.39. The molecule has 4 rings (SSSR count). The molecule has 31 heavy (non-hydrogen) atoms. The number of methoxy groups -OCH3 is 1. The van der Waals surface area contributed by atoms with E-state index in [1.165, 1.54) is 0 Å². The zero-order valence-corrected chi connectivity index (χ0v) is 17.8. The first kappa shape index (κ1) is 20.4. The molecule has 5 nitrogen and oxygen atoms in total. The number of anilines is 1. The van der Waals surface area contributed by atoms with Crippen molar-refractivity contribution in [1.82, 2.24) is 4.98 Å². The van der Waals surface area contributed by atoms with E-state index in [-0.39, 0.29) is 18.0 Å². The zero-order valence-electron chi connectivity index (χ0n) is 17.8. The number of carbonyl (C=O) groups excluding carboxylic acids is 1. The number of pyridine rings is 1. The standard InChI is InChI=1S/C26H24N2O3/c1-17-8-6-11-21(14-17)28(26(30)22-12-4-5-13-23(22)31-3)16-20-15-19-10-7-9-18(2)24(19)27-25(20)29/h4-15H,16H2,1-3H3,(H,27,29). The molecular formula is C26H24N2O3. The van der Waals surface area contributed by atoms with E-state index in [1.54, 1.807) is 30.2 Å². The molecule has 0 unspecified atom stereocenters. The molecule has 156 valence electrons. The minimum atomic E-state index is -0.230. The van der Waals surface area contributed by atoms with Gasteiger partial charge in [-0.05, 0) is 60.7 Å². The van der Waals surface area contributed by atoms with Crippen molar-refractivity contribution in [3.63, 3.8) is 0 Å². The molecule has 5 heteroatoms. The number of fused-ring (bicyclic) bond motifs is 1. The fraction of sp³-hybridized carbons (Fsp3) is 0.154. The van der Waals surface area contributed by atoms with Gasteiger partial charge >= 0.3 is 0 Å². The number of nitrogens with zero attached hydrogens (tertiary/aromatic N) is 1. The number of aromatic nitrogens is 1. The number of hydrogen-bond donors (Lipinski definition) is 1. The Morgan fingerprint density at radius 2 is 1.74 bits per heavy atom. The van der Waals surface area contributed by atoms with Crippen molar-refractivity contribution in [1.29, 1.82) is 0 Å². The Morgan fingerprint density at radius 1 is 0.968 bits per heavy atom. The number of hydrogen-bond acceptors (Lipinski definition) is 3. The summed E-state index contributed by atoms with van der Waals surface area (Å²) in [5, 5.41) is 0.934.